The molecule has 70 heavy (non-hydrogen) atoms. The summed E-state index contributed by atoms with van der Waals surface area (Å²) in [6.07, 6.45) is 1.76. The Labute approximate surface area is 411 Å². The van der Waals surface area contributed by atoms with Crippen molar-refractivity contribution in [2.75, 3.05) is 4.90 Å². The zero-order valence-corrected chi connectivity index (χ0v) is 40.6. The lowest BCUT2D eigenvalue weighted by atomic mass is 9.67. The molecule has 2 nitrogen and oxygen atoms in total. The molecule has 3 heteroatoms. The van der Waals surface area contributed by atoms with E-state index < -0.39 is 18.9 Å². The van der Waals surface area contributed by atoms with Gasteiger partial charge in [0, 0.05) is 22.4 Å². The first kappa shape index (κ1) is 41.9. The van der Waals surface area contributed by atoms with E-state index in [1.807, 2.05) is 6.07 Å². The van der Waals surface area contributed by atoms with E-state index in [9.17, 15) is 0 Å². The van der Waals surface area contributed by atoms with Gasteiger partial charge < -0.3 is 9.32 Å². The fourth-order valence-corrected chi connectivity index (χ4v) is 13.2. The second kappa shape index (κ2) is 16.2. The lowest BCUT2D eigenvalue weighted by molar-refractivity contribution is 0.616. The van der Waals surface area contributed by atoms with Gasteiger partial charge in [0.2, 0.25) is 0 Å². The zero-order chi connectivity index (χ0) is 47.0. The second-order valence-corrected chi connectivity index (χ2v) is 25.1. The Morgan fingerprint density at radius 3 is 1.27 bits per heavy atom. The molecule has 11 aromatic rings. The fraction of sp³-hybridized carbons (Fsp3) is 0.0746. The summed E-state index contributed by atoms with van der Waals surface area (Å²) >= 11 is 0. The van der Waals surface area contributed by atoms with E-state index in [0.29, 0.717) is 0 Å². The predicted octanol–water partition coefficient (Wildman–Crippen LogP) is 16.8. The van der Waals surface area contributed by atoms with Crippen molar-refractivity contribution in [1.82, 2.24) is 0 Å². The predicted molar refractivity (Wildman–Crippen MR) is 294 cm³/mol. The Balaban J connectivity index is 1.06. The van der Waals surface area contributed by atoms with Gasteiger partial charge in [-0.05, 0) is 132 Å². The molecular formula is C67H51NOSi. The van der Waals surface area contributed by atoms with Crippen LogP contribution in [0.2, 0.25) is 19.6 Å². The molecular weight excluding hydrogens is 863 g/mol. The van der Waals surface area contributed by atoms with E-state index in [2.05, 4.69) is 267 Å². The summed E-state index contributed by atoms with van der Waals surface area (Å²) in [6.45, 7) is 7.30. The number of benzene rings is 10. The summed E-state index contributed by atoms with van der Waals surface area (Å²) in [5.41, 5.74) is 20.6. The summed E-state index contributed by atoms with van der Waals surface area (Å²) in [4.78, 5) is 2.49. The highest BCUT2D eigenvalue weighted by Crippen LogP contribution is 2.59. The van der Waals surface area contributed by atoms with Gasteiger partial charge in [0.05, 0.1) is 25.2 Å². The Hall–Kier alpha value is -8.24. The topological polar surface area (TPSA) is 16.4 Å². The molecule has 1 atom stereocenters. The fourth-order valence-electron chi connectivity index (χ4n) is 12.1. The SMILES string of the molecule is C[Si](C)(C)c1ccc(C2(c3ccccc3)c3ccccc3-c3ccc(N(c4ccc(-c5ccc6occc6c5)cc4)c4ccc5c(c4)C(c4ccccc4)(c4ccccc4)c4ccccc4-5)cc32)cc1. The van der Waals surface area contributed by atoms with Crippen LogP contribution in [0.5, 0.6) is 0 Å². The van der Waals surface area contributed by atoms with Crippen LogP contribution in [0.1, 0.15) is 44.5 Å². The number of fused-ring (bicyclic) bond motifs is 7. The summed E-state index contributed by atoms with van der Waals surface area (Å²) in [5, 5.41) is 2.55. The molecule has 334 valence electrons. The summed E-state index contributed by atoms with van der Waals surface area (Å²) in [7, 11) is -1.57. The average Bonchev–Trinajstić information content (AvgIpc) is 4.10. The van der Waals surface area contributed by atoms with Crippen LogP contribution in [0, 0.1) is 0 Å². The highest BCUT2D eigenvalue weighted by Gasteiger charge is 2.48. The number of nitrogens with zero attached hydrogens (tertiary/aromatic N) is 1. The molecule has 0 fully saturated rings. The van der Waals surface area contributed by atoms with Crippen molar-refractivity contribution >= 4 is 41.3 Å². The number of hydrogen-bond acceptors (Lipinski definition) is 2. The van der Waals surface area contributed by atoms with Crippen LogP contribution in [0.25, 0.3) is 44.3 Å². The first-order valence-electron chi connectivity index (χ1n) is 24.5. The van der Waals surface area contributed by atoms with Crippen molar-refractivity contribution in [3.8, 4) is 33.4 Å². The largest absolute Gasteiger partial charge is 0.464 e. The second-order valence-electron chi connectivity index (χ2n) is 20.0. The normalized spacial score (nSPS) is 15.2. The molecule has 10 aromatic carbocycles. The molecule has 1 heterocycles. The molecule has 0 aliphatic heterocycles. The van der Waals surface area contributed by atoms with Gasteiger partial charge in [0.25, 0.3) is 0 Å². The van der Waals surface area contributed by atoms with Gasteiger partial charge >= 0.3 is 0 Å². The Bertz CT molecular complexity index is 3700. The van der Waals surface area contributed by atoms with Crippen molar-refractivity contribution in [1.29, 1.82) is 0 Å². The number of furan rings is 1. The van der Waals surface area contributed by atoms with Crippen LogP contribution >= 0.6 is 0 Å². The monoisotopic (exact) mass is 913 g/mol. The first-order valence-corrected chi connectivity index (χ1v) is 28.0. The molecule has 0 bridgehead atoms. The third-order valence-electron chi connectivity index (χ3n) is 15.3. The smallest absolute Gasteiger partial charge is 0.133 e. The molecule has 0 spiro atoms. The van der Waals surface area contributed by atoms with Gasteiger partial charge in [-0.3, -0.25) is 0 Å². The van der Waals surface area contributed by atoms with E-state index >= 15 is 0 Å². The van der Waals surface area contributed by atoms with Crippen LogP contribution < -0.4 is 10.1 Å². The van der Waals surface area contributed by atoms with E-state index in [1.54, 1.807) is 6.26 Å². The van der Waals surface area contributed by atoms with Gasteiger partial charge in [0.1, 0.15) is 5.58 Å². The van der Waals surface area contributed by atoms with Crippen molar-refractivity contribution in [3.05, 3.63) is 299 Å². The Morgan fingerprint density at radius 2 is 0.771 bits per heavy atom. The van der Waals surface area contributed by atoms with Crippen LogP contribution in [0.4, 0.5) is 17.1 Å². The zero-order valence-electron chi connectivity index (χ0n) is 39.6. The van der Waals surface area contributed by atoms with Gasteiger partial charge in [-0.25, -0.2) is 0 Å². The van der Waals surface area contributed by atoms with Crippen molar-refractivity contribution in [3.63, 3.8) is 0 Å². The highest BCUT2D eigenvalue weighted by molar-refractivity contribution is 6.88. The maximum atomic E-state index is 5.72. The number of rotatable bonds is 9. The van der Waals surface area contributed by atoms with Crippen molar-refractivity contribution in [2.45, 2.75) is 30.5 Å². The van der Waals surface area contributed by atoms with Gasteiger partial charge in [-0.15, -0.1) is 0 Å². The minimum Gasteiger partial charge on any atom is -0.464 e. The van der Waals surface area contributed by atoms with E-state index in [1.165, 1.54) is 71.9 Å². The number of anilines is 3. The molecule has 0 amide bonds. The maximum absolute atomic E-state index is 5.72. The van der Waals surface area contributed by atoms with Crippen LogP contribution in [-0.2, 0) is 10.8 Å². The molecule has 0 N–H and O–H groups in total. The highest BCUT2D eigenvalue weighted by atomic mass is 28.3. The maximum Gasteiger partial charge on any atom is 0.133 e. The first-order chi connectivity index (χ1) is 34.3. The molecule has 13 rings (SSSR count). The standard InChI is InChI=1S/C67H51NOSi/c1-70(2,3)56-36-30-52(31-37-56)67(51-21-11-6-12-22-51)62-26-16-14-24-58(62)60-39-35-55(45-64(60)67)68(53-32-27-46(28-33-53)47-29-40-65-48(43-47)41-42-69-65)54-34-38-59-57-23-13-15-25-61(57)66(63(59)44-54,49-17-7-4-8-18-49)50-19-9-5-10-20-50/h4-45H,1-3H3. The molecule has 0 radical (unpaired) electrons. The minimum atomic E-state index is -1.57. The molecule has 0 saturated carbocycles. The quantitative estimate of drug-likeness (QED) is 0.134. The molecule has 1 unspecified atom stereocenters. The van der Waals surface area contributed by atoms with Gasteiger partial charge in [-0.1, -0.05) is 219 Å². The summed E-state index contributed by atoms with van der Waals surface area (Å²) in [6, 6.07) is 93.2. The molecule has 2 aliphatic carbocycles. The minimum absolute atomic E-state index is 0.546. The van der Waals surface area contributed by atoms with Crippen LogP contribution in [-0.4, -0.2) is 8.07 Å². The van der Waals surface area contributed by atoms with E-state index in [0.717, 1.165) is 39.2 Å². The Kier molecular flexibility index (Phi) is 9.69. The lowest BCUT2D eigenvalue weighted by Gasteiger charge is -2.36. The van der Waals surface area contributed by atoms with Crippen molar-refractivity contribution < 1.29 is 4.42 Å². The molecule has 2 aliphatic rings. The van der Waals surface area contributed by atoms with Crippen LogP contribution in [0.15, 0.2) is 259 Å². The lowest BCUT2D eigenvalue weighted by Crippen LogP contribution is -2.38. The number of hydrogen-bond donors (Lipinski definition) is 0. The van der Waals surface area contributed by atoms with E-state index in [4.69, 9.17) is 4.42 Å². The van der Waals surface area contributed by atoms with Gasteiger partial charge in [0.15, 0.2) is 0 Å². The van der Waals surface area contributed by atoms with Crippen molar-refractivity contribution in [2.24, 2.45) is 0 Å². The Morgan fingerprint density at radius 1 is 0.343 bits per heavy atom. The average molecular weight is 914 g/mol. The van der Waals surface area contributed by atoms with Crippen LogP contribution in [0.3, 0.4) is 0 Å². The molecule has 0 saturated heterocycles. The van der Waals surface area contributed by atoms with E-state index in [-0.39, 0.29) is 0 Å². The summed E-state index contributed by atoms with van der Waals surface area (Å²) < 4.78 is 5.72. The third kappa shape index (κ3) is 6.31. The van der Waals surface area contributed by atoms with Gasteiger partial charge in [-0.2, -0.15) is 0 Å². The summed E-state index contributed by atoms with van der Waals surface area (Å²) in [5.74, 6) is 0. The molecule has 1 aromatic heterocycles. The third-order valence-corrected chi connectivity index (χ3v) is 17.4.